The van der Waals surface area contributed by atoms with Gasteiger partial charge in [0.15, 0.2) is 0 Å². The summed E-state index contributed by atoms with van der Waals surface area (Å²) < 4.78 is 0. The summed E-state index contributed by atoms with van der Waals surface area (Å²) in [7, 11) is 0. The van der Waals surface area contributed by atoms with Crippen molar-refractivity contribution in [2.45, 2.75) is 40.5 Å². The number of hydrogen-bond donors (Lipinski definition) is 0. The zero-order valence-corrected chi connectivity index (χ0v) is 8.22. The number of fused-ring (bicyclic) bond motifs is 1. The summed E-state index contributed by atoms with van der Waals surface area (Å²) in [6, 6.07) is 0. The Bertz CT molecular complexity index is 165. The molecule has 0 saturated heterocycles. The Morgan fingerprint density at radius 1 is 1.27 bits per heavy atom. The highest BCUT2D eigenvalue weighted by molar-refractivity contribution is 5.18. The molecule has 0 N–H and O–H groups in total. The van der Waals surface area contributed by atoms with E-state index in [0.29, 0.717) is 0 Å². The SMILES string of the molecule is CCCC1(C)C(C)C2C(C)C21. The van der Waals surface area contributed by atoms with Crippen LogP contribution >= 0.6 is 0 Å². The minimum atomic E-state index is 0.735. The van der Waals surface area contributed by atoms with Gasteiger partial charge >= 0.3 is 0 Å². The second-order valence-corrected chi connectivity index (χ2v) is 5.01. The van der Waals surface area contributed by atoms with Gasteiger partial charge in [-0.25, -0.2) is 0 Å². The Hall–Kier alpha value is 0. The van der Waals surface area contributed by atoms with E-state index < -0.39 is 0 Å². The molecule has 2 fully saturated rings. The molecule has 0 aromatic carbocycles. The largest absolute Gasteiger partial charge is 0.0654 e. The van der Waals surface area contributed by atoms with Crippen molar-refractivity contribution in [1.29, 1.82) is 0 Å². The minimum absolute atomic E-state index is 0.735. The lowest BCUT2D eigenvalue weighted by atomic mass is 9.60. The monoisotopic (exact) mass is 152 g/mol. The van der Waals surface area contributed by atoms with Crippen LogP contribution in [0.5, 0.6) is 0 Å². The minimum Gasteiger partial charge on any atom is -0.0654 e. The van der Waals surface area contributed by atoms with Gasteiger partial charge in [-0.1, -0.05) is 34.1 Å². The molecule has 0 heterocycles. The first-order valence-corrected chi connectivity index (χ1v) is 5.13. The highest BCUT2D eigenvalue weighted by Gasteiger charge is 2.70. The standard InChI is InChI=1S/C11H20/c1-5-6-11(4)8(3)9-7(2)10(9)11/h7-10H,5-6H2,1-4H3. The maximum atomic E-state index is 2.51. The lowest BCUT2D eigenvalue weighted by Gasteiger charge is -2.45. The Morgan fingerprint density at radius 2 is 1.91 bits per heavy atom. The van der Waals surface area contributed by atoms with Crippen LogP contribution in [0.2, 0.25) is 0 Å². The van der Waals surface area contributed by atoms with E-state index in [1.165, 1.54) is 12.8 Å². The molecule has 11 heavy (non-hydrogen) atoms. The van der Waals surface area contributed by atoms with Crippen molar-refractivity contribution in [1.82, 2.24) is 0 Å². The van der Waals surface area contributed by atoms with Crippen LogP contribution in [0.1, 0.15) is 40.5 Å². The summed E-state index contributed by atoms with van der Waals surface area (Å²) in [4.78, 5) is 0. The number of hydrogen-bond acceptors (Lipinski definition) is 0. The van der Waals surface area contributed by atoms with Gasteiger partial charge in [0.25, 0.3) is 0 Å². The van der Waals surface area contributed by atoms with Crippen LogP contribution in [0.15, 0.2) is 0 Å². The van der Waals surface area contributed by atoms with Crippen molar-refractivity contribution in [2.24, 2.45) is 29.1 Å². The molecule has 2 saturated carbocycles. The van der Waals surface area contributed by atoms with Gasteiger partial charge in [0.2, 0.25) is 0 Å². The van der Waals surface area contributed by atoms with Gasteiger partial charge in [-0.15, -0.1) is 0 Å². The zero-order chi connectivity index (χ0) is 8.22. The summed E-state index contributed by atoms with van der Waals surface area (Å²) in [6.45, 7) is 9.72. The molecule has 64 valence electrons. The fourth-order valence-electron chi connectivity index (χ4n) is 3.86. The smallest absolute Gasteiger partial charge is 0.0264 e. The normalized spacial score (nSPS) is 60.0. The molecule has 2 aliphatic rings. The lowest BCUT2D eigenvalue weighted by molar-refractivity contribution is 0.0354. The van der Waals surface area contributed by atoms with Gasteiger partial charge < -0.3 is 0 Å². The van der Waals surface area contributed by atoms with Gasteiger partial charge in [0.1, 0.15) is 0 Å². The van der Waals surface area contributed by atoms with E-state index >= 15 is 0 Å². The van der Waals surface area contributed by atoms with Crippen LogP contribution in [0, 0.1) is 29.1 Å². The Balaban J connectivity index is 2.05. The predicted octanol–water partition coefficient (Wildman–Crippen LogP) is 3.32. The molecule has 0 aromatic heterocycles. The number of rotatable bonds is 2. The van der Waals surface area contributed by atoms with Crippen LogP contribution in [0.3, 0.4) is 0 Å². The van der Waals surface area contributed by atoms with E-state index in [1.54, 1.807) is 0 Å². The molecule has 2 rings (SSSR count). The topological polar surface area (TPSA) is 0 Å². The summed E-state index contributed by atoms with van der Waals surface area (Å²) in [5.74, 6) is 4.30. The quantitative estimate of drug-likeness (QED) is 0.569. The van der Waals surface area contributed by atoms with Gasteiger partial charge in [-0.2, -0.15) is 0 Å². The van der Waals surface area contributed by atoms with Crippen molar-refractivity contribution >= 4 is 0 Å². The Labute approximate surface area is 70.4 Å². The van der Waals surface area contributed by atoms with E-state index in [9.17, 15) is 0 Å². The first-order chi connectivity index (χ1) is 5.13. The van der Waals surface area contributed by atoms with E-state index in [1.807, 2.05) is 0 Å². The molecule has 0 spiro atoms. The van der Waals surface area contributed by atoms with Crippen LogP contribution in [-0.4, -0.2) is 0 Å². The van der Waals surface area contributed by atoms with Gasteiger partial charge in [-0.05, 0) is 35.5 Å². The molecule has 0 bridgehead atoms. The molecular formula is C11H20. The highest BCUT2D eigenvalue weighted by Crippen LogP contribution is 2.75. The Kier molecular flexibility index (Phi) is 1.41. The van der Waals surface area contributed by atoms with Crippen molar-refractivity contribution in [2.75, 3.05) is 0 Å². The molecule has 5 atom stereocenters. The molecule has 0 nitrogen and oxygen atoms in total. The molecule has 0 heteroatoms. The molecule has 0 aliphatic heterocycles. The third-order valence-corrected chi connectivity index (χ3v) is 4.62. The fourth-order valence-corrected chi connectivity index (χ4v) is 3.86. The molecule has 0 amide bonds. The average Bonchev–Trinajstić information content (AvgIpc) is 2.59. The van der Waals surface area contributed by atoms with Gasteiger partial charge in [0, 0.05) is 0 Å². The van der Waals surface area contributed by atoms with Crippen molar-refractivity contribution in [3.05, 3.63) is 0 Å². The molecule has 0 aromatic rings. The summed E-state index contributed by atoms with van der Waals surface area (Å²) in [5, 5.41) is 0. The first kappa shape index (κ1) is 7.64. The Morgan fingerprint density at radius 3 is 2.27 bits per heavy atom. The molecule has 0 radical (unpaired) electrons. The molecule has 2 aliphatic carbocycles. The van der Waals surface area contributed by atoms with E-state index in [-0.39, 0.29) is 0 Å². The fraction of sp³-hybridized carbons (Fsp3) is 1.00. The van der Waals surface area contributed by atoms with E-state index in [4.69, 9.17) is 0 Å². The van der Waals surface area contributed by atoms with E-state index in [2.05, 4.69) is 27.7 Å². The van der Waals surface area contributed by atoms with Crippen LogP contribution in [-0.2, 0) is 0 Å². The summed E-state index contributed by atoms with van der Waals surface area (Å²) in [5.41, 5.74) is 0.735. The molecule has 5 unspecified atom stereocenters. The molecular weight excluding hydrogens is 132 g/mol. The van der Waals surface area contributed by atoms with Crippen molar-refractivity contribution in [3.8, 4) is 0 Å². The summed E-state index contributed by atoms with van der Waals surface area (Å²) in [6.07, 6.45) is 2.83. The predicted molar refractivity (Wildman–Crippen MR) is 48.3 cm³/mol. The lowest BCUT2D eigenvalue weighted by Crippen LogP contribution is -2.38. The van der Waals surface area contributed by atoms with E-state index in [0.717, 1.165) is 29.1 Å². The second-order valence-electron chi connectivity index (χ2n) is 5.01. The third kappa shape index (κ3) is 0.711. The maximum absolute atomic E-state index is 2.51. The van der Waals surface area contributed by atoms with Crippen LogP contribution < -0.4 is 0 Å². The first-order valence-electron chi connectivity index (χ1n) is 5.13. The van der Waals surface area contributed by atoms with Crippen LogP contribution in [0.4, 0.5) is 0 Å². The maximum Gasteiger partial charge on any atom is -0.0264 e. The third-order valence-electron chi connectivity index (χ3n) is 4.62. The van der Waals surface area contributed by atoms with Crippen molar-refractivity contribution < 1.29 is 0 Å². The summed E-state index contributed by atoms with van der Waals surface area (Å²) >= 11 is 0. The van der Waals surface area contributed by atoms with Gasteiger partial charge in [-0.3, -0.25) is 0 Å². The van der Waals surface area contributed by atoms with Crippen LogP contribution in [0.25, 0.3) is 0 Å². The highest BCUT2D eigenvalue weighted by atomic mass is 14.7. The zero-order valence-electron chi connectivity index (χ0n) is 8.22. The van der Waals surface area contributed by atoms with Gasteiger partial charge in [0.05, 0.1) is 0 Å². The second kappa shape index (κ2) is 2.02. The van der Waals surface area contributed by atoms with Crippen molar-refractivity contribution in [3.63, 3.8) is 0 Å². The average molecular weight is 152 g/mol.